The maximum Gasteiger partial charge on any atom is 0.169 e. The van der Waals surface area contributed by atoms with Crippen LogP contribution >= 0.6 is 11.6 Å². The summed E-state index contributed by atoms with van der Waals surface area (Å²) >= 11 is 5.78. The van der Waals surface area contributed by atoms with E-state index in [0.717, 1.165) is 5.52 Å². The van der Waals surface area contributed by atoms with Gasteiger partial charge in [-0.2, -0.15) is 0 Å². The van der Waals surface area contributed by atoms with Crippen molar-refractivity contribution in [2.45, 2.75) is 0 Å². The molecule has 4 heteroatoms. The summed E-state index contributed by atoms with van der Waals surface area (Å²) in [5.41, 5.74) is 1.09. The minimum absolute atomic E-state index is 0.368. The van der Waals surface area contributed by atoms with E-state index in [4.69, 9.17) is 11.6 Å². The van der Waals surface area contributed by atoms with Crippen LogP contribution in [-0.2, 0) is 0 Å². The van der Waals surface area contributed by atoms with Crippen molar-refractivity contribution in [1.29, 1.82) is 0 Å². The molecule has 0 spiro atoms. The number of benzene rings is 1. The molecule has 0 unspecified atom stereocenters. The number of rotatable bonds is 1. The fourth-order valence-corrected chi connectivity index (χ4v) is 1.31. The molecule has 0 N–H and O–H groups in total. The van der Waals surface area contributed by atoms with Gasteiger partial charge in [-0.25, -0.2) is 9.97 Å². The molecule has 0 aliphatic carbocycles. The van der Waals surface area contributed by atoms with E-state index in [2.05, 4.69) is 9.97 Å². The third-order valence-corrected chi connectivity index (χ3v) is 1.97. The molecule has 1 aromatic carbocycles. The van der Waals surface area contributed by atoms with Gasteiger partial charge in [-0.3, -0.25) is 4.79 Å². The Bertz CT molecular complexity index is 470. The van der Waals surface area contributed by atoms with Crippen molar-refractivity contribution in [2.75, 3.05) is 0 Å². The number of hydrogen-bond donors (Lipinski definition) is 0. The smallest absolute Gasteiger partial charge is 0.169 e. The predicted octanol–water partition coefficient (Wildman–Crippen LogP) is 2.10. The Morgan fingerprint density at radius 3 is 2.92 bits per heavy atom. The Balaban J connectivity index is 2.86. The monoisotopic (exact) mass is 192 g/mol. The summed E-state index contributed by atoms with van der Waals surface area (Å²) in [4.78, 5) is 18.4. The van der Waals surface area contributed by atoms with Crippen LogP contribution in [0.15, 0.2) is 24.5 Å². The molecule has 1 aromatic heterocycles. The minimum atomic E-state index is 0.368. The van der Waals surface area contributed by atoms with Crippen molar-refractivity contribution in [1.82, 2.24) is 9.97 Å². The van der Waals surface area contributed by atoms with Crippen LogP contribution in [-0.4, -0.2) is 16.3 Å². The maximum absolute atomic E-state index is 10.6. The quantitative estimate of drug-likeness (QED) is 0.650. The summed E-state index contributed by atoms with van der Waals surface area (Å²) in [5.74, 6) is 0. The second-order valence-electron chi connectivity index (χ2n) is 2.54. The molecule has 0 fully saturated rings. The van der Waals surface area contributed by atoms with Crippen molar-refractivity contribution < 1.29 is 4.79 Å². The number of fused-ring (bicyclic) bond motifs is 1. The molecule has 3 nitrogen and oxygen atoms in total. The molecule has 0 aliphatic rings. The minimum Gasteiger partial charge on any atom is -0.296 e. The SMILES string of the molecule is O=Cc1ncnc2ccc(Cl)cc12. The molecule has 2 aromatic rings. The average molecular weight is 193 g/mol. The molecule has 13 heavy (non-hydrogen) atoms. The zero-order chi connectivity index (χ0) is 9.26. The van der Waals surface area contributed by atoms with Gasteiger partial charge in [-0.15, -0.1) is 0 Å². The van der Waals surface area contributed by atoms with Crippen molar-refractivity contribution in [3.8, 4) is 0 Å². The van der Waals surface area contributed by atoms with Crippen molar-refractivity contribution in [3.63, 3.8) is 0 Å². The second-order valence-corrected chi connectivity index (χ2v) is 2.97. The molecule has 0 aliphatic heterocycles. The molecule has 64 valence electrons. The summed E-state index contributed by atoms with van der Waals surface area (Å²) in [5, 5.41) is 1.26. The second kappa shape index (κ2) is 3.11. The fourth-order valence-electron chi connectivity index (χ4n) is 1.14. The number of aldehydes is 1. The topological polar surface area (TPSA) is 42.9 Å². The molecular formula is C9H5ClN2O. The molecule has 2 rings (SSSR count). The highest BCUT2D eigenvalue weighted by atomic mass is 35.5. The molecule has 0 radical (unpaired) electrons. The number of carbonyl (C=O) groups is 1. The van der Waals surface area contributed by atoms with Crippen LogP contribution in [0.1, 0.15) is 10.5 Å². The van der Waals surface area contributed by atoms with Crippen LogP contribution in [0.3, 0.4) is 0 Å². The Hall–Kier alpha value is -1.48. The fraction of sp³-hybridized carbons (Fsp3) is 0. The van der Waals surface area contributed by atoms with E-state index in [1.165, 1.54) is 6.33 Å². The van der Waals surface area contributed by atoms with Crippen LogP contribution in [0.25, 0.3) is 10.9 Å². The van der Waals surface area contributed by atoms with Gasteiger partial charge in [0.2, 0.25) is 0 Å². The highest BCUT2D eigenvalue weighted by Crippen LogP contribution is 2.18. The zero-order valence-corrected chi connectivity index (χ0v) is 7.32. The van der Waals surface area contributed by atoms with Crippen molar-refractivity contribution in [2.24, 2.45) is 0 Å². The predicted molar refractivity (Wildman–Crippen MR) is 49.9 cm³/mol. The first-order valence-corrected chi connectivity index (χ1v) is 4.04. The van der Waals surface area contributed by atoms with E-state index in [-0.39, 0.29) is 0 Å². The van der Waals surface area contributed by atoms with Gasteiger partial charge in [0.1, 0.15) is 12.0 Å². The maximum atomic E-state index is 10.6. The van der Waals surface area contributed by atoms with Gasteiger partial charge in [-0.1, -0.05) is 11.6 Å². The van der Waals surface area contributed by atoms with E-state index < -0.39 is 0 Å². The molecule has 0 saturated heterocycles. The van der Waals surface area contributed by atoms with E-state index >= 15 is 0 Å². The highest BCUT2D eigenvalue weighted by Gasteiger charge is 2.01. The summed E-state index contributed by atoms with van der Waals surface area (Å²) in [6, 6.07) is 5.17. The number of carbonyl (C=O) groups excluding carboxylic acids is 1. The van der Waals surface area contributed by atoms with Gasteiger partial charge in [0.05, 0.1) is 5.52 Å². The lowest BCUT2D eigenvalue weighted by Crippen LogP contribution is -1.90. The van der Waals surface area contributed by atoms with E-state index in [0.29, 0.717) is 22.4 Å². The summed E-state index contributed by atoms with van der Waals surface area (Å²) < 4.78 is 0. The van der Waals surface area contributed by atoms with E-state index in [1.807, 2.05) is 0 Å². The number of hydrogen-bond acceptors (Lipinski definition) is 3. The molecule has 0 amide bonds. The van der Waals surface area contributed by atoms with Gasteiger partial charge in [-0.05, 0) is 18.2 Å². The zero-order valence-electron chi connectivity index (χ0n) is 6.57. The number of aromatic nitrogens is 2. The van der Waals surface area contributed by atoms with E-state index in [9.17, 15) is 4.79 Å². The van der Waals surface area contributed by atoms with Crippen LogP contribution < -0.4 is 0 Å². The number of halogens is 1. The summed E-state index contributed by atoms with van der Waals surface area (Å²) in [6.45, 7) is 0. The summed E-state index contributed by atoms with van der Waals surface area (Å²) in [6.07, 6.45) is 2.06. The molecule has 0 bridgehead atoms. The van der Waals surface area contributed by atoms with Crippen LogP contribution in [0, 0.1) is 0 Å². The Labute approximate surface area is 79.4 Å². The van der Waals surface area contributed by atoms with Crippen LogP contribution in [0.4, 0.5) is 0 Å². The van der Waals surface area contributed by atoms with Gasteiger partial charge >= 0.3 is 0 Å². The molecule has 1 heterocycles. The Morgan fingerprint density at radius 2 is 2.15 bits per heavy atom. The lowest BCUT2D eigenvalue weighted by atomic mass is 10.2. The van der Waals surface area contributed by atoms with Gasteiger partial charge in [0, 0.05) is 10.4 Å². The van der Waals surface area contributed by atoms with Crippen molar-refractivity contribution >= 4 is 28.8 Å². The Morgan fingerprint density at radius 1 is 1.31 bits per heavy atom. The standard InChI is InChI=1S/C9H5ClN2O/c10-6-1-2-8-7(3-6)9(4-13)12-5-11-8/h1-5H. The van der Waals surface area contributed by atoms with Crippen LogP contribution in [0.5, 0.6) is 0 Å². The van der Waals surface area contributed by atoms with Gasteiger partial charge in [0.15, 0.2) is 6.29 Å². The van der Waals surface area contributed by atoms with Crippen molar-refractivity contribution in [3.05, 3.63) is 35.2 Å². The first-order chi connectivity index (χ1) is 6.31. The molecular weight excluding hydrogens is 188 g/mol. The molecule has 0 saturated carbocycles. The Kier molecular flexibility index (Phi) is 1.94. The normalized spacial score (nSPS) is 10.2. The first kappa shape index (κ1) is 8.13. The lowest BCUT2D eigenvalue weighted by Gasteiger charge is -1.98. The van der Waals surface area contributed by atoms with Gasteiger partial charge < -0.3 is 0 Å². The third kappa shape index (κ3) is 1.38. The van der Waals surface area contributed by atoms with E-state index in [1.54, 1.807) is 18.2 Å². The van der Waals surface area contributed by atoms with Gasteiger partial charge in [0.25, 0.3) is 0 Å². The highest BCUT2D eigenvalue weighted by molar-refractivity contribution is 6.31. The summed E-state index contributed by atoms with van der Waals surface area (Å²) in [7, 11) is 0. The average Bonchev–Trinajstić information content (AvgIpc) is 2.17. The third-order valence-electron chi connectivity index (χ3n) is 1.74. The largest absolute Gasteiger partial charge is 0.296 e. The first-order valence-electron chi connectivity index (χ1n) is 3.67. The lowest BCUT2D eigenvalue weighted by molar-refractivity contribution is 0.112. The van der Waals surface area contributed by atoms with Crippen LogP contribution in [0.2, 0.25) is 5.02 Å². The number of nitrogens with zero attached hydrogens (tertiary/aromatic N) is 2. The molecule has 0 atom stereocenters.